The van der Waals surface area contributed by atoms with E-state index in [-0.39, 0.29) is 26.2 Å². The number of imide groups is 2. The normalized spacial score (nSPS) is 27.4. The molecule has 3 aliphatic heterocycles. The summed E-state index contributed by atoms with van der Waals surface area (Å²) in [6.45, 7) is -1.20. The van der Waals surface area contributed by atoms with E-state index in [0.717, 1.165) is 9.80 Å². The van der Waals surface area contributed by atoms with E-state index in [9.17, 15) is 28.8 Å². The molecule has 0 aromatic rings. The molecule has 0 radical (unpaired) electrons. The van der Waals surface area contributed by atoms with Gasteiger partial charge in [-0.25, -0.2) is 0 Å². The molecule has 6 amide bonds. The highest BCUT2D eigenvalue weighted by atomic mass is 16.2. The Morgan fingerprint density at radius 2 is 1.12 bits per heavy atom. The summed E-state index contributed by atoms with van der Waals surface area (Å²) < 4.78 is 0. The van der Waals surface area contributed by atoms with Gasteiger partial charge in [-0.1, -0.05) is 0 Å². The average Bonchev–Trinajstić information content (AvgIpc) is 2.54. The van der Waals surface area contributed by atoms with E-state index >= 15 is 0 Å². The van der Waals surface area contributed by atoms with Gasteiger partial charge in [-0.05, 0) is 0 Å². The number of nitrogens with zero attached hydrogens (tertiary/aromatic N) is 4. The highest BCUT2D eigenvalue weighted by molar-refractivity contribution is 6.06. The molecule has 3 saturated heterocycles. The van der Waals surface area contributed by atoms with Crippen LogP contribution in [-0.4, -0.2) is 106 Å². The van der Waals surface area contributed by atoms with E-state index < -0.39 is 60.6 Å². The van der Waals surface area contributed by atoms with Gasteiger partial charge in [0.2, 0.25) is 35.4 Å². The molecule has 0 unspecified atom stereocenters. The Morgan fingerprint density at radius 1 is 0.769 bits per heavy atom. The number of hydrogen-bond acceptors (Lipinski definition) is 8. The van der Waals surface area contributed by atoms with Crippen molar-refractivity contribution in [2.45, 2.75) is 12.1 Å². The minimum Gasteiger partial charge on any atom is -0.368 e. The molecule has 140 valence electrons. The minimum atomic E-state index is -0.806. The van der Waals surface area contributed by atoms with Crippen LogP contribution < -0.4 is 11.5 Å². The van der Waals surface area contributed by atoms with Crippen LogP contribution in [0.5, 0.6) is 0 Å². The molecule has 3 fully saturated rings. The van der Waals surface area contributed by atoms with Gasteiger partial charge in [0.25, 0.3) is 0 Å². The number of carbonyl (C=O) groups excluding carboxylic acids is 6. The van der Waals surface area contributed by atoms with Gasteiger partial charge in [-0.15, -0.1) is 0 Å². The second-order valence-electron chi connectivity index (χ2n) is 6.46. The molecule has 0 saturated carbocycles. The standard InChI is InChI=1S/C14H18N6O6/c15-9(21)3-19-12(24)6-18-2-8-14(26)20(4-10(16)22)11(23)5-17(8)1-7(18)13(19)25/h7-8H,1-6H2,(H2,15,21)(H2,16,22)/t7-,8+. The maximum Gasteiger partial charge on any atom is 0.248 e. The predicted molar refractivity (Wildman–Crippen MR) is 82.6 cm³/mol. The first-order valence-corrected chi connectivity index (χ1v) is 7.92. The Bertz CT molecular complexity index is 663. The Labute approximate surface area is 147 Å². The van der Waals surface area contributed by atoms with E-state index in [1.807, 2.05) is 0 Å². The van der Waals surface area contributed by atoms with Crippen LogP contribution >= 0.6 is 0 Å². The lowest BCUT2D eigenvalue weighted by molar-refractivity contribution is -0.170. The first kappa shape index (κ1) is 17.9. The van der Waals surface area contributed by atoms with E-state index in [2.05, 4.69) is 0 Å². The number of primary amides is 2. The highest BCUT2D eigenvalue weighted by Crippen LogP contribution is 2.24. The number of nitrogens with two attached hydrogens (primary N) is 2. The number of rotatable bonds is 4. The third kappa shape index (κ3) is 3.04. The smallest absolute Gasteiger partial charge is 0.248 e. The van der Waals surface area contributed by atoms with Crippen molar-refractivity contribution in [3.63, 3.8) is 0 Å². The highest BCUT2D eigenvalue weighted by Gasteiger charge is 2.50. The van der Waals surface area contributed by atoms with Gasteiger partial charge in [0.15, 0.2) is 0 Å². The number of hydrogen-bond donors (Lipinski definition) is 2. The number of fused-ring (bicyclic) bond motifs is 2. The lowest BCUT2D eigenvalue weighted by Crippen LogP contribution is -2.74. The van der Waals surface area contributed by atoms with Gasteiger partial charge in [-0.2, -0.15) is 0 Å². The summed E-state index contributed by atoms with van der Waals surface area (Å²) >= 11 is 0. The summed E-state index contributed by atoms with van der Waals surface area (Å²) in [4.78, 5) is 76.2. The zero-order valence-corrected chi connectivity index (χ0v) is 13.8. The largest absolute Gasteiger partial charge is 0.368 e. The van der Waals surface area contributed by atoms with Gasteiger partial charge in [0.05, 0.1) is 13.1 Å². The lowest BCUT2D eigenvalue weighted by Gasteiger charge is -2.50. The SMILES string of the molecule is NC(=O)CN1C(=O)CN2C[C@H]3C(=O)N(CC(N)=O)C(=O)CN3C[C@@H]2C1=O. The van der Waals surface area contributed by atoms with E-state index in [1.165, 1.54) is 0 Å². The molecule has 0 aromatic heterocycles. The maximum absolute atomic E-state index is 12.5. The number of amides is 6. The molecule has 3 aliphatic rings. The van der Waals surface area contributed by atoms with Crippen LogP contribution in [0.3, 0.4) is 0 Å². The molecule has 0 aliphatic carbocycles. The first-order chi connectivity index (χ1) is 12.2. The summed E-state index contributed by atoms with van der Waals surface area (Å²) in [6, 6.07) is -1.52. The van der Waals surface area contributed by atoms with Crippen LogP contribution in [-0.2, 0) is 28.8 Å². The summed E-state index contributed by atoms with van der Waals surface area (Å²) in [7, 11) is 0. The summed E-state index contributed by atoms with van der Waals surface area (Å²) in [5.41, 5.74) is 10.1. The molecule has 0 aromatic carbocycles. The first-order valence-electron chi connectivity index (χ1n) is 7.92. The molecule has 4 N–H and O–H groups in total. The van der Waals surface area contributed by atoms with Crippen LogP contribution in [0.2, 0.25) is 0 Å². The van der Waals surface area contributed by atoms with Gasteiger partial charge >= 0.3 is 0 Å². The minimum absolute atomic E-state index is 0.0495. The molecule has 0 bridgehead atoms. The van der Waals surface area contributed by atoms with E-state index in [4.69, 9.17) is 11.5 Å². The second kappa shape index (κ2) is 6.46. The molecule has 3 heterocycles. The zero-order chi connectivity index (χ0) is 19.2. The molecule has 12 nitrogen and oxygen atoms in total. The Morgan fingerprint density at radius 3 is 1.42 bits per heavy atom. The molecule has 3 rings (SSSR count). The van der Waals surface area contributed by atoms with E-state index in [0.29, 0.717) is 0 Å². The Kier molecular flexibility index (Phi) is 4.46. The van der Waals surface area contributed by atoms with Crippen molar-refractivity contribution in [2.24, 2.45) is 11.5 Å². The molecule has 12 heteroatoms. The maximum atomic E-state index is 12.5. The Balaban J connectivity index is 1.79. The topological polar surface area (TPSA) is 167 Å². The van der Waals surface area contributed by atoms with Crippen molar-refractivity contribution in [3.05, 3.63) is 0 Å². The third-order valence-corrected chi connectivity index (χ3v) is 4.71. The fraction of sp³-hybridized carbons (Fsp3) is 0.571. The molecular weight excluding hydrogens is 348 g/mol. The van der Waals surface area contributed by atoms with Crippen molar-refractivity contribution < 1.29 is 28.8 Å². The van der Waals surface area contributed by atoms with Gasteiger partial charge in [0.1, 0.15) is 25.2 Å². The third-order valence-electron chi connectivity index (χ3n) is 4.71. The molecule has 26 heavy (non-hydrogen) atoms. The molecular formula is C14H18N6O6. The monoisotopic (exact) mass is 366 g/mol. The van der Waals surface area contributed by atoms with E-state index in [1.54, 1.807) is 9.80 Å². The van der Waals surface area contributed by atoms with Crippen molar-refractivity contribution in [1.29, 1.82) is 0 Å². The fourth-order valence-electron chi connectivity index (χ4n) is 3.52. The summed E-state index contributed by atoms with van der Waals surface area (Å²) in [5.74, 6) is -3.94. The summed E-state index contributed by atoms with van der Waals surface area (Å²) in [5, 5.41) is 0. The van der Waals surface area contributed by atoms with Gasteiger partial charge < -0.3 is 11.5 Å². The predicted octanol–water partition coefficient (Wildman–Crippen LogP) is -4.95. The van der Waals surface area contributed by atoms with Crippen LogP contribution in [0.15, 0.2) is 0 Å². The summed E-state index contributed by atoms with van der Waals surface area (Å²) in [6.07, 6.45) is 0. The van der Waals surface area contributed by atoms with Crippen molar-refractivity contribution in [1.82, 2.24) is 19.6 Å². The van der Waals surface area contributed by atoms with Crippen molar-refractivity contribution >= 4 is 35.4 Å². The second-order valence-corrected chi connectivity index (χ2v) is 6.46. The molecule has 0 spiro atoms. The van der Waals surface area contributed by atoms with Crippen LogP contribution in [0.1, 0.15) is 0 Å². The van der Waals surface area contributed by atoms with Crippen LogP contribution in [0, 0.1) is 0 Å². The molecule has 2 atom stereocenters. The van der Waals surface area contributed by atoms with Crippen LogP contribution in [0.4, 0.5) is 0 Å². The van der Waals surface area contributed by atoms with Gasteiger partial charge in [0, 0.05) is 13.1 Å². The Hall–Kier alpha value is -2.86. The van der Waals surface area contributed by atoms with Crippen LogP contribution in [0.25, 0.3) is 0 Å². The average molecular weight is 366 g/mol. The zero-order valence-electron chi connectivity index (χ0n) is 13.8. The van der Waals surface area contributed by atoms with Crippen molar-refractivity contribution in [2.75, 3.05) is 39.3 Å². The quantitative estimate of drug-likeness (QED) is 0.466. The number of piperazine rings is 3. The number of carbonyl (C=O) groups is 6. The van der Waals surface area contributed by atoms with Gasteiger partial charge in [-0.3, -0.25) is 48.4 Å². The lowest BCUT2D eigenvalue weighted by atomic mass is 9.99. The fourth-order valence-corrected chi connectivity index (χ4v) is 3.52. The van der Waals surface area contributed by atoms with Crippen molar-refractivity contribution in [3.8, 4) is 0 Å².